The molecule has 0 fully saturated rings. The zero-order chi connectivity index (χ0) is 17.6. The molecule has 4 nitrogen and oxygen atoms in total. The van der Waals surface area contributed by atoms with E-state index in [-0.39, 0.29) is 17.4 Å². The molecule has 0 aliphatic heterocycles. The van der Waals surface area contributed by atoms with Crippen molar-refractivity contribution in [2.24, 2.45) is 0 Å². The molecule has 0 aliphatic carbocycles. The van der Waals surface area contributed by atoms with Crippen molar-refractivity contribution in [3.05, 3.63) is 65.7 Å². The largest absolute Gasteiger partial charge is 0.508 e. The smallest absolute Gasteiger partial charge is 0.410 e. The summed E-state index contributed by atoms with van der Waals surface area (Å²) in [4.78, 5) is 14.2. The molecule has 2 aromatic rings. The van der Waals surface area contributed by atoms with Crippen molar-refractivity contribution in [3.8, 4) is 5.75 Å². The van der Waals surface area contributed by atoms with Gasteiger partial charge in [0.15, 0.2) is 0 Å². The molecule has 0 bridgehead atoms. The Bertz CT molecular complexity index is 645. The number of aromatic hydroxyl groups is 1. The maximum Gasteiger partial charge on any atom is 0.410 e. The number of carbonyl (C=O) groups excluding carboxylic acids is 1. The van der Waals surface area contributed by atoms with Gasteiger partial charge in [-0.1, -0.05) is 42.5 Å². The molecule has 0 unspecified atom stereocenters. The Morgan fingerprint density at radius 1 is 1.00 bits per heavy atom. The first-order valence-electron chi connectivity index (χ1n) is 8.12. The molecule has 0 atom stereocenters. The topological polar surface area (TPSA) is 49.8 Å². The molecule has 0 aromatic heterocycles. The van der Waals surface area contributed by atoms with E-state index in [0.29, 0.717) is 19.6 Å². The Balaban J connectivity index is 1.96. The van der Waals surface area contributed by atoms with Crippen LogP contribution in [-0.2, 0) is 17.7 Å². The Morgan fingerprint density at radius 3 is 2.21 bits per heavy atom. The van der Waals surface area contributed by atoms with Crippen molar-refractivity contribution in [2.75, 3.05) is 6.61 Å². The minimum Gasteiger partial charge on any atom is -0.508 e. The first-order chi connectivity index (χ1) is 11.4. The van der Waals surface area contributed by atoms with Crippen LogP contribution in [0.2, 0.25) is 0 Å². The lowest BCUT2D eigenvalue weighted by molar-refractivity contribution is 0.0644. The molecule has 0 saturated heterocycles. The molecule has 1 N–H and O–H groups in total. The Kier molecular flexibility index (Phi) is 5.85. The van der Waals surface area contributed by atoms with Gasteiger partial charge in [-0.05, 0) is 44.0 Å². The number of hydrogen-bond acceptors (Lipinski definition) is 3. The van der Waals surface area contributed by atoms with E-state index in [0.717, 1.165) is 11.1 Å². The third-order valence-corrected chi connectivity index (χ3v) is 3.77. The van der Waals surface area contributed by atoms with Crippen molar-refractivity contribution >= 4 is 6.09 Å². The Hall–Kier alpha value is -2.49. The number of ether oxygens (including phenoxy) is 1. The number of benzene rings is 2. The summed E-state index contributed by atoms with van der Waals surface area (Å²) in [7, 11) is 0. The fourth-order valence-electron chi connectivity index (χ4n) is 2.34. The van der Waals surface area contributed by atoms with Gasteiger partial charge >= 0.3 is 6.09 Å². The van der Waals surface area contributed by atoms with Gasteiger partial charge in [0.1, 0.15) is 5.75 Å². The van der Waals surface area contributed by atoms with Gasteiger partial charge in [-0.2, -0.15) is 0 Å². The number of rotatable bonds is 5. The lowest BCUT2D eigenvalue weighted by atomic mass is 10.1. The lowest BCUT2D eigenvalue weighted by Crippen LogP contribution is -2.45. The van der Waals surface area contributed by atoms with E-state index in [9.17, 15) is 9.90 Å². The summed E-state index contributed by atoms with van der Waals surface area (Å²) < 4.78 is 5.47. The van der Waals surface area contributed by atoms with Gasteiger partial charge < -0.3 is 9.84 Å². The van der Waals surface area contributed by atoms with Gasteiger partial charge in [0, 0.05) is 18.5 Å². The van der Waals surface area contributed by atoms with Crippen LogP contribution < -0.4 is 0 Å². The van der Waals surface area contributed by atoms with Crippen LogP contribution in [0.4, 0.5) is 4.79 Å². The molecular weight excluding hydrogens is 302 g/mol. The second kappa shape index (κ2) is 7.86. The van der Waals surface area contributed by atoms with Crippen molar-refractivity contribution in [1.82, 2.24) is 4.90 Å². The average molecular weight is 327 g/mol. The second-order valence-corrected chi connectivity index (χ2v) is 6.77. The first kappa shape index (κ1) is 17.9. The van der Waals surface area contributed by atoms with Gasteiger partial charge in [-0.3, -0.25) is 4.90 Å². The first-order valence-corrected chi connectivity index (χ1v) is 8.12. The number of nitrogens with zero attached hydrogens (tertiary/aromatic N) is 1. The minimum atomic E-state index is -0.359. The summed E-state index contributed by atoms with van der Waals surface area (Å²) in [5, 5.41) is 9.38. The predicted octanol–water partition coefficient (Wildman–Crippen LogP) is 4.37. The normalized spacial score (nSPS) is 11.1. The lowest BCUT2D eigenvalue weighted by Gasteiger charge is -2.34. The van der Waals surface area contributed by atoms with E-state index in [1.165, 1.54) is 0 Å². The molecule has 4 heteroatoms. The molecule has 0 radical (unpaired) electrons. The highest BCUT2D eigenvalue weighted by atomic mass is 16.6. The van der Waals surface area contributed by atoms with Crippen LogP contribution in [-0.4, -0.2) is 28.2 Å². The highest BCUT2D eigenvalue weighted by Crippen LogP contribution is 2.20. The molecular formula is C20H25NO3. The fraction of sp³-hybridized carbons (Fsp3) is 0.350. The van der Waals surface area contributed by atoms with E-state index in [1.807, 2.05) is 63.2 Å². The number of phenols is 1. The zero-order valence-electron chi connectivity index (χ0n) is 14.5. The monoisotopic (exact) mass is 327 g/mol. The van der Waals surface area contributed by atoms with Gasteiger partial charge in [-0.25, -0.2) is 4.79 Å². The summed E-state index contributed by atoms with van der Waals surface area (Å²) in [6.07, 6.45) is 0.371. The van der Waals surface area contributed by atoms with Crippen LogP contribution in [0.15, 0.2) is 54.6 Å². The number of phenolic OH excluding ortho intramolecular Hbond substituents is 1. The van der Waals surface area contributed by atoms with Crippen molar-refractivity contribution in [3.63, 3.8) is 0 Å². The molecule has 0 spiro atoms. The molecule has 128 valence electrons. The quantitative estimate of drug-likeness (QED) is 0.887. The van der Waals surface area contributed by atoms with Gasteiger partial charge in [0.25, 0.3) is 0 Å². The van der Waals surface area contributed by atoms with Crippen LogP contribution in [0.1, 0.15) is 31.9 Å². The highest BCUT2D eigenvalue weighted by Gasteiger charge is 2.27. The standard InChI is InChI=1S/C20H25NO3/c1-20(2,3)21(15-17-9-11-18(22)12-10-17)19(23)24-14-13-16-7-5-4-6-8-16/h4-12,22H,13-15H2,1-3H3. The SMILES string of the molecule is CC(C)(C)N(Cc1ccc(O)cc1)C(=O)OCCc1ccccc1. The highest BCUT2D eigenvalue weighted by molar-refractivity contribution is 5.68. The van der Waals surface area contributed by atoms with E-state index in [1.54, 1.807) is 17.0 Å². The van der Waals surface area contributed by atoms with Crippen LogP contribution in [0.25, 0.3) is 0 Å². The van der Waals surface area contributed by atoms with Crippen molar-refractivity contribution < 1.29 is 14.6 Å². The average Bonchev–Trinajstić information content (AvgIpc) is 2.54. The molecule has 0 saturated carbocycles. The van der Waals surface area contributed by atoms with E-state index >= 15 is 0 Å². The fourth-order valence-corrected chi connectivity index (χ4v) is 2.34. The Labute approximate surface area is 143 Å². The van der Waals surface area contributed by atoms with Crippen LogP contribution in [0.3, 0.4) is 0 Å². The molecule has 0 aliphatic rings. The van der Waals surface area contributed by atoms with E-state index in [2.05, 4.69) is 0 Å². The van der Waals surface area contributed by atoms with Gasteiger partial charge in [-0.15, -0.1) is 0 Å². The molecule has 1 amide bonds. The van der Waals surface area contributed by atoms with Crippen LogP contribution >= 0.6 is 0 Å². The number of carbonyl (C=O) groups is 1. The van der Waals surface area contributed by atoms with Crippen LogP contribution in [0.5, 0.6) is 5.75 Å². The summed E-state index contributed by atoms with van der Waals surface area (Å²) in [6, 6.07) is 16.8. The second-order valence-electron chi connectivity index (χ2n) is 6.77. The summed E-state index contributed by atoms with van der Waals surface area (Å²) in [5.74, 6) is 0.214. The van der Waals surface area contributed by atoms with E-state index in [4.69, 9.17) is 4.74 Å². The Morgan fingerprint density at radius 2 is 1.62 bits per heavy atom. The zero-order valence-corrected chi connectivity index (χ0v) is 14.5. The predicted molar refractivity (Wildman–Crippen MR) is 94.9 cm³/mol. The maximum atomic E-state index is 12.5. The summed E-state index contributed by atoms with van der Waals surface area (Å²) >= 11 is 0. The van der Waals surface area contributed by atoms with Gasteiger partial charge in [0.2, 0.25) is 0 Å². The third-order valence-electron chi connectivity index (χ3n) is 3.77. The van der Waals surface area contributed by atoms with Gasteiger partial charge in [0.05, 0.1) is 6.61 Å². The van der Waals surface area contributed by atoms with Crippen molar-refractivity contribution in [1.29, 1.82) is 0 Å². The van der Waals surface area contributed by atoms with Crippen LogP contribution in [0, 0.1) is 0 Å². The minimum absolute atomic E-state index is 0.214. The molecule has 24 heavy (non-hydrogen) atoms. The maximum absolute atomic E-state index is 12.5. The molecule has 2 aromatic carbocycles. The summed E-state index contributed by atoms with van der Waals surface area (Å²) in [6.45, 7) is 6.72. The molecule has 2 rings (SSSR count). The number of amides is 1. The van der Waals surface area contributed by atoms with Crippen molar-refractivity contribution in [2.45, 2.75) is 39.3 Å². The third kappa shape index (κ3) is 5.30. The number of hydrogen-bond donors (Lipinski definition) is 1. The molecule has 0 heterocycles. The van der Waals surface area contributed by atoms with E-state index < -0.39 is 0 Å². The summed E-state index contributed by atoms with van der Waals surface area (Å²) in [5.41, 5.74) is 1.73.